The van der Waals surface area contributed by atoms with E-state index < -0.39 is 0 Å². The minimum Gasteiger partial charge on any atom is -0.347 e. The molecule has 29 heavy (non-hydrogen) atoms. The van der Waals surface area contributed by atoms with Crippen LogP contribution in [-0.2, 0) is 11.3 Å². The molecule has 0 aliphatic carbocycles. The summed E-state index contributed by atoms with van der Waals surface area (Å²) in [4.78, 5) is 25.5. The number of carbonyl (C=O) groups is 2. The lowest BCUT2D eigenvalue weighted by molar-refractivity contribution is -0.117. The largest absolute Gasteiger partial charge is 0.347 e. The number of amides is 2. The summed E-state index contributed by atoms with van der Waals surface area (Å²) in [5, 5.41) is 5.64. The summed E-state index contributed by atoms with van der Waals surface area (Å²) in [6.07, 6.45) is 1.68. The van der Waals surface area contributed by atoms with Crippen molar-refractivity contribution >= 4 is 17.9 Å². The van der Waals surface area contributed by atoms with Gasteiger partial charge in [-0.1, -0.05) is 77.9 Å². The Morgan fingerprint density at radius 3 is 2.00 bits per heavy atom. The highest BCUT2D eigenvalue weighted by atomic mass is 16.2. The van der Waals surface area contributed by atoms with Crippen molar-refractivity contribution in [1.82, 2.24) is 10.6 Å². The maximum absolute atomic E-state index is 12.8. The van der Waals surface area contributed by atoms with Crippen molar-refractivity contribution in [3.63, 3.8) is 0 Å². The minimum absolute atomic E-state index is 0.203. The first kappa shape index (κ1) is 20.1. The normalized spacial score (nSPS) is 11.0. The van der Waals surface area contributed by atoms with Gasteiger partial charge in [0.25, 0.3) is 11.8 Å². The van der Waals surface area contributed by atoms with Crippen LogP contribution in [-0.4, -0.2) is 11.8 Å². The van der Waals surface area contributed by atoms with Crippen LogP contribution in [0.1, 0.15) is 32.6 Å². The van der Waals surface area contributed by atoms with E-state index >= 15 is 0 Å². The molecule has 0 spiro atoms. The second-order valence-electron chi connectivity index (χ2n) is 6.96. The highest BCUT2D eigenvalue weighted by molar-refractivity contribution is 6.05. The third kappa shape index (κ3) is 5.91. The summed E-state index contributed by atoms with van der Waals surface area (Å²) in [5.74, 6) is -0.660. The molecule has 0 radical (unpaired) electrons. The first-order chi connectivity index (χ1) is 14.0. The number of nitrogens with one attached hydrogen (secondary N) is 2. The predicted octanol–water partition coefficient (Wildman–Crippen LogP) is 4.39. The molecule has 4 nitrogen and oxygen atoms in total. The first-order valence-electron chi connectivity index (χ1n) is 9.50. The van der Waals surface area contributed by atoms with Crippen molar-refractivity contribution in [3.8, 4) is 0 Å². The fraction of sp³-hybridized carbons (Fsp3) is 0.120. The summed E-state index contributed by atoms with van der Waals surface area (Å²) in [7, 11) is 0. The van der Waals surface area contributed by atoms with E-state index in [1.165, 1.54) is 0 Å². The van der Waals surface area contributed by atoms with E-state index in [1.807, 2.05) is 80.6 Å². The molecular weight excluding hydrogens is 360 g/mol. The topological polar surface area (TPSA) is 58.2 Å². The molecule has 0 aliphatic rings. The smallest absolute Gasteiger partial charge is 0.268 e. The molecule has 146 valence electrons. The zero-order valence-electron chi connectivity index (χ0n) is 16.6. The molecule has 0 aliphatic heterocycles. The Bertz CT molecular complexity index is 1000. The highest BCUT2D eigenvalue weighted by Gasteiger charge is 2.14. The van der Waals surface area contributed by atoms with Gasteiger partial charge in [0.2, 0.25) is 0 Å². The number of benzene rings is 3. The SMILES string of the molecule is Cc1ccc(CNC(=O)/C(=C/c2ccccc2)NC(=O)c2ccc(C)cc2)cc1. The summed E-state index contributed by atoms with van der Waals surface area (Å²) in [6, 6.07) is 24.6. The Balaban J connectivity index is 1.77. The molecule has 0 unspecified atom stereocenters. The molecule has 0 bridgehead atoms. The lowest BCUT2D eigenvalue weighted by atomic mass is 10.1. The number of hydrogen-bond donors (Lipinski definition) is 2. The summed E-state index contributed by atoms with van der Waals surface area (Å²) in [6.45, 7) is 4.36. The molecule has 3 rings (SSSR count). The van der Waals surface area contributed by atoms with Gasteiger partial charge in [0, 0.05) is 12.1 Å². The quantitative estimate of drug-likeness (QED) is 0.619. The summed E-state index contributed by atoms with van der Waals surface area (Å²) in [5.41, 5.74) is 4.76. The summed E-state index contributed by atoms with van der Waals surface area (Å²) < 4.78 is 0. The van der Waals surface area contributed by atoms with Crippen LogP contribution in [0.2, 0.25) is 0 Å². The molecule has 0 atom stereocenters. The Hall–Kier alpha value is -3.66. The lowest BCUT2D eigenvalue weighted by Crippen LogP contribution is -2.34. The van der Waals surface area contributed by atoms with Crippen LogP contribution >= 0.6 is 0 Å². The molecule has 3 aromatic carbocycles. The van der Waals surface area contributed by atoms with Gasteiger partial charge in [0.15, 0.2) is 0 Å². The average Bonchev–Trinajstić information content (AvgIpc) is 2.74. The fourth-order valence-corrected chi connectivity index (χ4v) is 2.76. The van der Waals surface area contributed by atoms with Crippen molar-refractivity contribution in [2.24, 2.45) is 0 Å². The molecular formula is C25H24N2O2. The van der Waals surface area contributed by atoms with Crippen LogP contribution in [0, 0.1) is 13.8 Å². The number of rotatable bonds is 6. The van der Waals surface area contributed by atoms with Crippen LogP contribution in [0.4, 0.5) is 0 Å². The Kier molecular flexibility index (Phi) is 6.59. The fourth-order valence-electron chi connectivity index (χ4n) is 2.76. The molecule has 0 aromatic heterocycles. The van der Waals surface area contributed by atoms with Crippen molar-refractivity contribution in [3.05, 3.63) is 112 Å². The van der Waals surface area contributed by atoms with Gasteiger partial charge < -0.3 is 10.6 Å². The predicted molar refractivity (Wildman–Crippen MR) is 116 cm³/mol. The zero-order valence-corrected chi connectivity index (χ0v) is 16.6. The standard InChI is InChI=1S/C25H24N2O2/c1-18-8-12-21(13-9-18)17-26-25(29)23(16-20-6-4-3-5-7-20)27-24(28)22-14-10-19(2)11-15-22/h3-16H,17H2,1-2H3,(H,26,29)(H,27,28)/b23-16-. The number of carbonyl (C=O) groups excluding carboxylic acids is 2. The Morgan fingerprint density at radius 2 is 1.38 bits per heavy atom. The molecule has 2 N–H and O–H groups in total. The van der Waals surface area contributed by atoms with Crippen molar-refractivity contribution in [2.75, 3.05) is 0 Å². The van der Waals surface area contributed by atoms with Crippen LogP contribution in [0.5, 0.6) is 0 Å². The van der Waals surface area contributed by atoms with Crippen LogP contribution in [0.15, 0.2) is 84.6 Å². The molecule has 0 heterocycles. The van der Waals surface area contributed by atoms with Gasteiger partial charge in [-0.25, -0.2) is 0 Å². The highest BCUT2D eigenvalue weighted by Crippen LogP contribution is 2.09. The van der Waals surface area contributed by atoms with E-state index in [2.05, 4.69) is 10.6 Å². The maximum Gasteiger partial charge on any atom is 0.268 e. The Labute approximate surface area is 171 Å². The molecule has 4 heteroatoms. The van der Waals surface area contributed by atoms with Crippen LogP contribution in [0.3, 0.4) is 0 Å². The number of aryl methyl sites for hydroxylation is 2. The number of hydrogen-bond acceptors (Lipinski definition) is 2. The van der Waals surface area contributed by atoms with E-state index in [0.29, 0.717) is 12.1 Å². The third-order valence-electron chi connectivity index (χ3n) is 4.49. The van der Waals surface area contributed by atoms with Gasteiger partial charge in [-0.15, -0.1) is 0 Å². The van der Waals surface area contributed by atoms with Gasteiger partial charge in [0.1, 0.15) is 5.70 Å². The molecule has 0 saturated carbocycles. The average molecular weight is 384 g/mol. The maximum atomic E-state index is 12.8. The lowest BCUT2D eigenvalue weighted by Gasteiger charge is -2.12. The van der Waals surface area contributed by atoms with E-state index in [4.69, 9.17) is 0 Å². The third-order valence-corrected chi connectivity index (χ3v) is 4.49. The van der Waals surface area contributed by atoms with Gasteiger partial charge in [-0.05, 0) is 43.2 Å². The van der Waals surface area contributed by atoms with Crippen LogP contribution < -0.4 is 10.6 Å². The monoisotopic (exact) mass is 384 g/mol. The van der Waals surface area contributed by atoms with Gasteiger partial charge in [0.05, 0.1) is 0 Å². The second-order valence-corrected chi connectivity index (χ2v) is 6.96. The van der Waals surface area contributed by atoms with E-state index in [-0.39, 0.29) is 17.5 Å². The van der Waals surface area contributed by atoms with Crippen molar-refractivity contribution in [2.45, 2.75) is 20.4 Å². The molecule has 3 aromatic rings. The van der Waals surface area contributed by atoms with E-state index in [0.717, 1.165) is 22.3 Å². The Morgan fingerprint density at radius 1 is 0.793 bits per heavy atom. The van der Waals surface area contributed by atoms with Gasteiger partial charge in [-0.3, -0.25) is 9.59 Å². The first-order valence-corrected chi connectivity index (χ1v) is 9.50. The van der Waals surface area contributed by atoms with Crippen molar-refractivity contribution < 1.29 is 9.59 Å². The van der Waals surface area contributed by atoms with E-state index in [9.17, 15) is 9.59 Å². The molecule has 2 amide bonds. The minimum atomic E-state index is -0.338. The molecule has 0 saturated heterocycles. The molecule has 0 fully saturated rings. The van der Waals surface area contributed by atoms with E-state index in [1.54, 1.807) is 18.2 Å². The van der Waals surface area contributed by atoms with Crippen LogP contribution in [0.25, 0.3) is 6.08 Å². The zero-order chi connectivity index (χ0) is 20.6. The van der Waals surface area contributed by atoms with Crippen molar-refractivity contribution in [1.29, 1.82) is 0 Å². The van der Waals surface area contributed by atoms with Gasteiger partial charge >= 0.3 is 0 Å². The second kappa shape index (κ2) is 9.51. The van der Waals surface area contributed by atoms with Gasteiger partial charge in [-0.2, -0.15) is 0 Å². The summed E-state index contributed by atoms with van der Waals surface area (Å²) >= 11 is 0.